The Kier molecular flexibility index (Phi) is 10.1. The Morgan fingerprint density at radius 1 is 1.26 bits per heavy atom. The van der Waals surface area contributed by atoms with Crippen LogP contribution in [0, 0.1) is 5.92 Å². The summed E-state index contributed by atoms with van der Waals surface area (Å²) in [6.45, 7) is 9.48. The van der Waals surface area contributed by atoms with E-state index in [1.54, 1.807) is 0 Å². The molecule has 0 radical (unpaired) electrons. The molecule has 7 nitrogen and oxygen atoms in total. The second-order valence-electron chi connectivity index (χ2n) is 6.66. The molecule has 1 N–H and O–H groups in total. The van der Waals surface area contributed by atoms with Gasteiger partial charge in [-0.25, -0.2) is 4.99 Å². The molecule has 2 rings (SSSR count). The maximum absolute atomic E-state index is 11.7. The van der Waals surface area contributed by atoms with Crippen LogP contribution in [0.5, 0.6) is 0 Å². The van der Waals surface area contributed by atoms with Crippen LogP contribution in [0.4, 0.5) is 0 Å². The first kappa shape index (κ1) is 23.7. The minimum atomic E-state index is -0.0953. The number of halogens is 1. The Morgan fingerprint density at radius 3 is 2.44 bits per heavy atom. The van der Waals surface area contributed by atoms with E-state index in [-0.39, 0.29) is 35.9 Å². The third-order valence-corrected chi connectivity index (χ3v) is 5.08. The Balaban J connectivity index is 0.00000364. The molecule has 1 aromatic rings. The van der Waals surface area contributed by atoms with Gasteiger partial charge in [-0.2, -0.15) is 5.10 Å². The minimum Gasteiger partial charge on any atom is -0.469 e. The monoisotopic (exact) mass is 491 g/mol. The van der Waals surface area contributed by atoms with E-state index < -0.39 is 0 Å². The fraction of sp³-hybridized carbons (Fsp3) is 0.737. The molecule has 0 amide bonds. The molecule has 2 heterocycles. The third kappa shape index (κ3) is 5.83. The van der Waals surface area contributed by atoms with Crippen molar-refractivity contribution in [3.05, 3.63) is 17.0 Å². The molecule has 1 aliphatic heterocycles. The van der Waals surface area contributed by atoms with E-state index in [2.05, 4.69) is 36.1 Å². The van der Waals surface area contributed by atoms with Gasteiger partial charge in [-0.05, 0) is 32.6 Å². The fourth-order valence-electron chi connectivity index (χ4n) is 3.65. The lowest BCUT2D eigenvalue weighted by Gasteiger charge is -2.33. The molecule has 0 spiro atoms. The van der Waals surface area contributed by atoms with E-state index >= 15 is 0 Å². The molecular weight excluding hydrogens is 457 g/mol. The number of carbonyl (C=O) groups excluding carboxylic acids is 1. The van der Waals surface area contributed by atoms with Crippen LogP contribution in [0.3, 0.4) is 0 Å². The standard InChI is InChI=1S/C19H33N5O2.HI/c1-6-16-15(17(7-2)23(4)22-16)13-21-19(20-8-3)24-11-9-14(10-12-24)18(25)26-5;/h14H,6-13H2,1-5H3,(H,20,21);1H. The summed E-state index contributed by atoms with van der Waals surface area (Å²) in [6, 6.07) is 0. The average Bonchev–Trinajstić information content (AvgIpc) is 2.99. The van der Waals surface area contributed by atoms with Gasteiger partial charge in [0.05, 0.1) is 25.3 Å². The fourth-order valence-corrected chi connectivity index (χ4v) is 3.65. The summed E-state index contributed by atoms with van der Waals surface area (Å²) in [7, 11) is 3.47. The molecule has 0 unspecified atom stereocenters. The van der Waals surface area contributed by atoms with Crippen LogP contribution in [0.2, 0.25) is 0 Å². The van der Waals surface area contributed by atoms with Crippen molar-refractivity contribution in [1.29, 1.82) is 0 Å². The summed E-state index contributed by atoms with van der Waals surface area (Å²) in [5.74, 6) is 0.835. The van der Waals surface area contributed by atoms with Gasteiger partial charge in [0.2, 0.25) is 0 Å². The first-order chi connectivity index (χ1) is 12.5. The van der Waals surface area contributed by atoms with Crippen LogP contribution in [0.1, 0.15) is 50.6 Å². The smallest absolute Gasteiger partial charge is 0.308 e. The number of piperidine rings is 1. The van der Waals surface area contributed by atoms with Crippen molar-refractivity contribution in [3.63, 3.8) is 0 Å². The largest absolute Gasteiger partial charge is 0.469 e. The summed E-state index contributed by atoms with van der Waals surface area (Å²) in [5, 5.41) is 8.03. The van der Waals surface area contributed by atoms with E-state index in [4.69, 9.17) is 9.73 Å². The molecule has 1 aliphatic rings. The minimum absolute atomic E-state index is 0. The normalized spacial score (nSPS) is 15.4. The van der Waals surface area contributed by atoms with Gasteiger partial charge >= 0.3 is 5.97 Å². The number of likely N-dealkylation sites (tertiary alicyclic amines) is 1. The summed E-state index contributed by atoms with van der Waals surface area (Å²) < 4.78 is 6.86. The number of aromatic nitrogens is 2. The number of ether oxygens (including phenoxy) is 1. The van der Waals surface area contributed by atoms with Gasteiger partial charge in [-0.15, -0.1) is 24.0 Å². The topological polar surface area (TPSA) is 71.8 Å². The molecule has 0 aromatic carbocycles. The van der Waals surface area contributed by atoms with Gasteiger partial charge in [-0.3, -0.25) is 9.48 Å². The van der Waals surface area contributed by atoms with E-state index in [1.807, 2.05) is 11.7 Å². The molecule has 0 saturated carbocycles. The quantitative estimate of drug-likeness (QED) is 0.287. The van der Waals surface area contributed by atoms with Gasteiger partial charge in [0, 0.05) is 37.9 Å². The highest BCUT2D eigenvalue weighted by molar-refractivity contribution is 14.0. The van der Waals surface area contributed by atoms with E-state index in [1.165, 1.54) is 18.4 Å². The van der Waals surface area contributed by atoms with Crippen molar-refractivity contribution in [1.82, 2.24) is 20.0 Å². The molecule has 27 heavy (non-hydrogen) atoms. The zero-order valence-corrected chi connectivity index (χ0v) is 19.6. The van der Waals surface area contributed by atoms with E-state index in [0.717, 1.165) is 57.0 Å². The number of hydrogen-bond acceptors (Lipinski definition) is 4. The molecule has 1 saturated heterocycles. The maximum atomic E-state index is 11.7. The molecular formula is C19H34IN5O2. The third-order valence-electron chi connectivity index (χ3n) is 5.08. The van der Waals surface area contributed by atoms with E-state index in [9.17, 15) is 4.79 Å². The summed E-state index contributed by atoms with van der Waals surface area (Å²) in [6.07, 6.45) is 3.49. The highest BCUT2D eigenvalue weighted by atomic mass is 127. The molecule has 1 aromatic heterocycles. The van der Waals surface area contributed by atoms with Crippen molar-refractivity contribution in [2.45, 2.75) is 53.0 Å². The predicted molar refractivity (Wildman–Crippen MR) is 119 cm³/mol. The maximum Gasteiger partial charge on any atom is 0.308 e. The molecule has 0 aliphatic carbocycles. The van der Waals surface area contributed by atoms with Gasteiger partial charge < -0.3 is 15.0 Å². The summed E-state index contributed by atoms with van der Waals surface area (Å²) in [4.78, 5) is 18.9. The number of esters is 1. The highest BCUT2D eigenvalue weighted by Crippen LogP contribution is 2.20. The number of carbonyl (C=O) groups is 1. The number of hydrogen-bond donors (Lipinski definition) is 1. The number of guanidine groups is 1. The summed E-state index contributed by atoms with van der Waals surface area (Å²) >= 11 is 0. The molecule has 0 atom stereocenters. The second kappa shape index (κ2) is 11.5. The first-order valence-electron chi connectivity index (χ1n) is 9.70. The average molecular weight is 491 g/mol. The number of aliphatic imine (C=N–C) groups is 1. The lowest BCUT2D eigenvalue weighted by atomic mass is 9.97. The summed E-state index contributed by atoms with van der Waals surface area (Å²) in [5.41, 5.74) is 3.64. The Bertz CT molecular complexity index is 636. The zero-order chi connectivity index (χ0) is 19.1. The van der Waals surface area contributed by atoms with Crippen LogP contribution in [-0.2, 0) is 36.0 Å². The van der Waals surface area contributed by atoms with Crippen molar-refractivity contribution in [2.75, 3.05) is 26.7 Å². The lowest BCUT2D eigenvalue weighted by Crippen LogP contribution is -2.46. The van der Waals surface area contributed by atoms with Crippen LogP contribution in [-0.4, -0.2) is 53.4 Å². The SMILES string of the molecule is CCNC(=NCc1c(CC)nn(C)c1CC)N1CCC(C(=O)OC)CC1.I. The Morgan fingerprint density at radius 2 is 1.93 bits per heavy atom. The molecule has 8 heteroatoms. The molecule has 0 bridgehead atoms. The van der Waals surface area contributed by atoms with Crippen LogP contribution in [0.15, 0.2) is 4.99 Å². The number of nitrogens with one attached hydrogen (secondary N) is 1. The van der Waals surface area contributed by atoms with Crippen molar-refractivity contribution in [3.8, 4) is 0 Å². The molecule has 154 valence electrons. The van der Waals surface area contributed by atoms with Gasteiger partial charge in [0.15, 0.2) is 5.96 Å². The van der Waals surface area contributed by atoms with E-state index in [0.29, 0.717) is 6.54 Å². The first-order valence-corrected chi connectivity index (χ1v) is 9.70. The number of nitrogens with zero attached hydrogens (tertiary/aromatic N) is 4. The van der Waals surface area contributed by atoms with Crippen LogP contribution >= 0.6 is 24.0 Å². The van der Waals surface area contributed by atoms with Gasteiger partial charge in [0.1, 0.15) is 0 Å². The Labute approximate surface area is 179 Å². The molecule has 1 fully saturated rings. The van der Waals surface area contributed by atoms with Crippen molar-refractivity contribution < 1.29 is 9.53 Å². The Hall–Kier alpha value is -1.32. The lowest BCUT2D eigenvalue weighted by molar-refractivity contribution is -0.146. The van der Waals surface area contributed by atoms with Gasteiger partial charge in [0.25, 0.3) is 0 Å². The zero-order valence-electron chi connectivity index (χ0n) is 17.2. The number of aryl methyl sites for hydroxylation is 2. The predicted octanol–water partition coefficient (Wildman–Crippen LogP) is 2.51. The van der Waals surface area contributed by atoms with Crippen LogP contribution < -0.4 is 5.32 Å². The number of rotatable bonds is 6. The highest BCUT2D eigenvalue weighted by Gasteiger charge is 2.27. The van der Waals surface area contributed by atoms with Gasteiger partial charge in [-0.1, -0.05) is 13.8 Å². The second-order valence-corrected chi connectivity index (χ2v) is 6.66. The number of methoxy groups -OCH3 is 1. The van der Waals surface area contributed by atoms with Crippen molar-refractivity contribution in [2.24, 2.45) is 18.0 Å². The van der Waals surface area contributed by atoms with Crippen LogP contribution in [0.25, 0.3) is 0 Å². The van der Waals surface area contributed by atoms with Crippen molar-refractivity contribution >= 4 is 35.9 Å².